The summed E-state index contributed by atoms with van der Waals surface area (Å²) in [6.07, 6.45) is 6.01. The van der Waals surface area contributed by atoms with E-state index in [1.165, 1.54) is 5.56 Å². The van der Waals surface area contributed by atoms with Crippen molar-refractivity contribution >= 4 is 12.0 Å². The van der Waals surface area contributed by atoms with Gasteiger partial charge in [-0.1, -0.05) is 42.5 Å². The molecular weight excluding hydrogens is 298 g/mol. The molecule has 1 aromatic heterocycles. The van der Waals surface area contributed by atoms with Gasteiger partial charge >= 0.3 is 0 Å². The normalized spacial score (nSPS) is 15.8. The predicted molar refractivity (Wildman–Crippen MR) is 96.8 cm³/mol. The molecule has 0 radical (unpaired) electrons. The highest BCUT2D eigenvalue weighted by atomic mass is 16.2. The van der Waals surface area contributed by atoms with Crippen LogP contribution in [0.1, 0.15) is 21.6 Å². The molecule has 2 heterocycles. The first-order chi connectivity index (χ1) is 11.7. The first-order valence-corrected chi connectivity index (χ1v) is 8.38. The predicted octanol–water partition coefficient (Wildman–Crippen LogP) is 2.86. The van der Waals surface area contributed by atoms with Crippen molar-refractivity contribution in [3.8, 4) is 0 Å². The first-order valence-electron chi connectivity index (χ1n) is 8.38. The van der Waals surface area contributed by atoms with Gasteiger partial charge in [0, 0.05) is 44.6 Å². The zero-order valence-electron chi connectivity index (χ0n) is 14.1. The number of aryl methyl sites for hydroxylation is 1. The van der Waals surface area contributed by atoms with Crippen molar-refractivity contribution in [3.05, 3.63) is 71.6 Å². The molecule has 0 spiro atoms. The summed E-state index contributed by atoms with van der Waals surface area (Å²) in [6, 6.07) is 14.1. The van der Waals surface area contributed by atoms with Gasteiger partial charge in [-0.15, -0.1) is 0 Å². The molecule has 0 aliphatic carbocycles. The average molecular weight is 321 g/mol. The van der Waals surface area contributed by atoms with Crippen LogP contribution in [0.5, 0.6) is 0 Å². The highest BCUT2D eigenvalue weighted by Gasteiger charge is 2.21. The van der Waals surface area contributed by atoms with Crippen molar-refractivity contribution in [2.45, 2.75) is 6.92 Å². The molecule has 3 rings (SSSR count). The number of benzene rings is 1. The van der Waals surface area contributed by atoms with Crippen LogP contribution >= 0.6 is 0 Å². The smallest absolute Gasteiger partial charge is 0.255 e. The Morgan fingerprint density at radius 3 is 2.50 bits per heavy atom. The largest absolute Gasteiger partial charge is 0.336 e. The van der Waals surface area contributed by atoms with Crippen molar-refractivity contribution in [1.82, 2.24) is 14.8 Å². The Labute approximate surface area is 143 Å². The molecule has 0 N–H and O–H groups in total. The van der Waals surface area contributed by atoms with E-state index in [1.54, 1.807) is 6.20 Å². The average Bonchev–Trinajstić information content (AvgIpc) is 2.63. The van der Waals surface area contributed by atoms with Crippen molar-refractivity contribution in [3.63, 3.8) is 0 Å². The van der Waals surface area contributed by atoms with Crippen LogP contribution in [-0.2, 0) is 0 Å². The van der Waals surface area contributed by atoms with Gasteiger partial charge in [-0.3, -0.25) is 14.7 Å². The molecule has 1 aromatic carbocycles. The fourth-order valence-corrected chi connectivity index (χ4v) is 2.81. The summed E-state index contributed by atoms with van der Waals surface area (Å²) in [5, 5.41) is 0. The summed E-state index contributed by atoms with van der Waals surface area (Å²) in [6.45, 7) is 6.20. The lowest BCUT2D eigenvalue weighted by atomic mass is 10.2. The lowest BCUT2D eigenvalue weighted by molar-refractivity contribution is 0.0650. The number of nitrogens with zero attached hydrogens (tertiary/aromatic N) is 3. The van der Waals surface area contributed by atoms with Crippen LogP contribution in [-0.4, -0.2) is 53.4 Å². The third-order valence-corrected chi connectivity index (χ3v) is 4.29. The quantitative estimate of drug-likeness (QED) is 0.869. The summed E-state index contributed by atoms with van der Waals surface area (Å²) < 4.78 is 0. The molecule has 2 aromatic rings. The van der Waals surface area contributed by atoms with Gasteiger partial charge < -0.3 is 4.90 Å². The Bertz CT molecular complexity index is 687. The van der Waals surface area contributed by atoms with Crippen molar-refractivity contribution in [2.24, 2.45) is 0 Å². The summed E-state index contributed by atoms with van der Waals surface area (Å²) in [7, 11) is 0. The van der Waals surface area contributed by atoms with Gasteiger partial charge in [0.05, 0.1) is 5.56 Å². The van der Waals surface area contributed by atoms with Crippen LogP contribution in [0.25, 0.3) is 6.08 Å². The zero-order chi connectivity index (χ0) is 16.8. The Morgan fingerprint density at radius 1 is 1.08 bits per heavy atom. The highest BCUT2D eigenvalue weighted by molar-refractivity contribution is 5.94. The monoisotopic (exact) mass is 321 g/mol. The van der Waals surface area contributed by atoms with E-state index in [1.807, 2.05) is 42.2 Å². The van der Waals surface area contributed by atoms with E-state index < -0.39 is 0 Å². The van der Waals surface area contributed by atoms with Gasteiger partial charge in [0.25, 0.3) is 5.91 Å². The SMILES string of the molecule is Cc1ccc(C(=O)N2CCN(C/C=C/c3ccccc3)CC2)cn1. The molecule has 1 aliphatic rings. The van der Waals surface area contributed by atoms with Crippen LogP contribution < -0.4 is 0 Å². The third kappa shape index (κ3) is 4.30. The van der Waals surface area contributed by atoms with Gasteiger partial charge in [0.2, 0.25) is 0 Å². The lowest BCUT2D eigenvalue weighted by Gasteiger charge is -2.34. The molecule has 24 heavy (non-hydrogen) atoms. The van der Waals surface area contributed by atoms with Crippen molar-refractivity contribution in [1.29, 1.82) is 0 Å². The molecular formula is C20H23N3O. The maximum Gasteiger partial charge on any atom is 0.255 e. The maximum atomic E-state index is 12.5. The number of aromatic nitrogens is 1. The van der Waals surface area contributed by atoms with Gasteiger partial charge in [-0.2, -0.15) is 0 Å². The second-order valence-corrected chi connectivity index (χ2v) is 6.09. The Hall–Kier alpha value is -2.46. The minimum atomic E-state index is 0.0852. The minimum Gasteiger partial charge on any atom is -0.336 e. The number of hydrogen-bond donors (Lipinski definition) is 0. The fourth-order valence-electron chi connectivity index (χ4n) is 2.81. The van der Waals surface area contributed by atoms with Crippen LogP contribution in [0.4, 0.5) is 0 Å². The number of hydrogen-bond acceptors (Lipinski definition) is 3. The third-order valence-electron chi connectivity index (χ3n) is 4.29. The molecule has 0 bridgehead atoms. The number of pyridine rings is 1. The Morgan fingerprint density at radius 2 is 1.83 bits per heavy atom. The second-order valence-electron chi connectivity index (χ2n) is 6.09. The second kappa shape index (κ2) is 7.88. The number of carbonyl (C=O) groups excluding carboxylic acids is 1. The molecule has 1 fully saturated rings. The number of amides is 1. The molecule has 0 atom stereocenters. The minimum absolute atomic E-state index is 0.0852. The molecule has 1 aliphatic heterocycles. The molecule has 0 saturated carbocycles. The molecule has 4 nitrogen and oxygen atoms in total. The van der Waals surface area contributed by atoms with Crippen molar-refractivity contribution in [2.75, 3.05) is 32.7 Å². The topological polar surface area (TPSA) is 36.4 Å². The molecule has 1 amide bonds. The van der Waals surface area contributed by atoms with E-state index in [0.717, 1.165) is 38.4 Å². The Kier molecular flexibility index (Phi) is 5.39. The summed E-state index contributed by atoms with van der Waals surface area (Å²) in [5.74, 6) is 0.0852. The van der Waals surface area contributed by atoms with Gasteiger partial charge in [0.1, 0.15) is 0 Å². The van der Waals surface area contributed by atoms with Crippen LogP contribution in [0, 0.1) is 6.92 Å². The standard InChI is InChI=1S/C20H23N3O/c1-17-9-10-19(16-21-17)20(24)23-14-12-22(13-15-23)11-5-8-18-6-3-2-4-7-18/h2-10,16H,11-15H2,1H3/b8-5+. The summed E-state index contributed by atoms with van der Waals surface area (Å²) in [5.41, 5.74) is 2.83. The number of piperazine rings is 1. The van der Waals surface area contributed by atoms with E-state index in [2.05, 4.69) is 34.2 Å². The number of carbonyl (C=O) groups is 1. The molecule has 4 heteroatoms. The van der Waals surface area contributed by atoms with Gasteiger partial charge in [0.15, 0.2) is 0 Å². The number of rotatable bonds is 4. The lowest BCUT2D eigenvalue weighted by Crippen LogP contribution is -2.48. The molecule has 0 unspecified atom stereocenters. The molecule has 1 saturated heterocycles. The fraction of sp³-hybridized carbons (Fsp3) is 0.300. The summed E-state index contributed by atoms with van der Waals surface area (Å²) >= 11 is 0. The van der Waals surface area contributed by atoms with Crippen LogP contribution in [0.2, 0.25) is 0 Å². The summed E-state index contributed by atoms with van der Waals surface area (Å²) in [4.78, 5) is 21.0. The van der Waals surface area contributed by atoms with E-state index >= 15 is 0 Å². The maximum absolute atomic E-state index is 12.5. The highest BCUT2D eigenvalue weighted by Crippen LogP contribution is 2.09. The Balaban J connectivity index is 1.48. The van der Waals surface area contributed by atoms with Gasteiger partial charge in [-0.25, -0.2) is 0 Å². The molecule has 124 valence electrons. The van der Waals surface area contributed by atoms with E-state index in [0.29, 0.717) is 5.56 Å². The van der Waals surface area contributed by atoms with Crippen molar-refractivity contribution < 1.29 is 4.79 Å². The van der Waals surface area contributed by atoms with E-state index in [-0.39, 0.29) is 5.91 Å². The first kappa shape index (κ1) is 16.4. The van der Waals surface area contributed by atoms with Crippen LogP contribution in [0.3, 0.4) is 0 Å². The van der Waals surface area contributed by atoms with Gasteiger partial charge in [-0.05, 0) is 24.6 Å². The zero-order valence-corrected chi connectivity index (χ0v) is 14.1. The van der Waals surface area contributed by atoms with E-state index in [9.17, 15) is 4.79 Å². The van der Waals surface area contributed by atoms with Crippen LogP contribution in [0.15, 0.2) is 54.7 Å². The van der Waals surface area contributed by atoms with E-state index in [4.69, 9.17) is 0 Å².